The van der Waals surface area contributed by atoms with Gasteiger partial charge in [0.05, 0.1) is 24.6 Å². The van der Waals surface area contributed by atoms with Gasteiger partial charge < -0.3 is 9.47 Å². The number of benzene rings is 4. The number of ether oxygens (including phenoxy) is 2. The second-order valence-electron chi connectivity index (χ2n) is 8.09. The van der Waals surface area contributed by atoms with E-state index in [1.807, 2.05) is 38.1 Å². The molecular formula is C28H28N4O4. The van der Waals surface area contributed by atoms with Crippen molar-refractivity contribution in [1.82, 2.24) is 0 Å². The molecule has 4 rings (SSSR count). The van der Waals surface area contributed by atoms with Crippen molar-refractivity contribution < 1.29 is 9.47 Å². The maximum absolute atomic E-state index is 13.0. The fourth-order valence-electron chi connectivity index (χ4n) is 3.51. The molecule has 0 aliphatic carbocycles. The third-order valence-electron chi connectivity index (χ3n) is 5.32. The van der Waals surface area contributed by atoms with E-state index >= 15 is 0 Å². The molecule has 0 heterocycles. The van der Waals surface area contributed by atoms with Crippen LogP contribution in [-0.2, 0) is 0 Å². The van der Waals surface area contributed by atoms with E-state index < -0.39 is 10.9 Å². The van der Waals surface area contributed by atoms with Crippen molar-refractivity contribution in [2.24, 2.45) is 10.2 Å². The van der Waals surface area contributed by atoms with E-state index in [0.717, 1.165) is 24.3 Å². The third kappa shape index (κ3) is 5.78. The van der Waals surface area contributed by atoms with Crippen LogP contribution in [0.5, 0.6) is 11.5 Å². The van der Waals surface area contributed by atoms with Crippen LogP contribution >= 0.6 is 0 Å². The Bertz CT molecular complexity index is 1420. The molecular weight excluding hydrogens is 456 g/mol. The van der Waals surface area contributed by atoms with Crippen LogP contribution in [0.3, 0.4) is 0 Å². The van der Waals surface area contributed by atoms with Crippen LogP contribution in [0, 0.1) is 0 Å². The Hall–Kier alpha value is -4.46. The molecule has 0 bridgehead atoms. The molecule has 4 aromatic carbocycles. The van der Waals surface area contributed by atoms with Gasteiger partial charge >= 0.3 is 0 Å². The molecule has 0 aliphatic rings. The molecule has 0 unspecified atom stereocenters. The molecule has 0 aliphatic heterocycles. The number of rotatable bonds is 10. The van der Waals surface area contributed by atoms with Crippen LogP contribution < -0.4 is 41.9 Å². The highest BCUT2D eigenvalue weighted by Crippen LogP contribution is 2.16. The van der Waals surface area contributed by atoms with Crippen LogP contribution in [0.1, 0.15) is 26.7 Å². The lowest BCUT2D eigenvalue weighted by Crippen LogP contribution is -2.48. The van der Waals surface area contributed by atoms with Crippen LogP contribution in [0.25, 0.3) is 10.8 Å². The molecule has 0 saturated heterocycles. The summed E-state index contributed by atoms with van der Waals surface area (Å²) < 4.78 is 11.2. The van der Waals surface area contributed by atoms with Gasteiger partial charge in [-0.05, 0) is 61.4 Å². The van der Waals surface area contributed by atoms with Gasteiger partial charge in [-0.3, -0.25) is 20.4 Å². The van der Waals surface area contributed by atoms with Gasteiger partial charge in [0.25, 0.3) is 10.9 Å². The van der Waals surface area contributed by atoms with Crippen molar-refractivity contribution in [2.75, 3.05) is 24.1 Å². The van der Waals surface area contributed by atoms with Crippen molar-refractivity contribution in [3.8, 4) is 11.5 Å². The molecule has 0 aromatic heterocycles. The van der Waals surface area contributed by atoms with Gasteiger partial charge in [-0.2, -0.15) is 10.2 Å². The van der Waals surface area contributed by atoms with Crippen LogP contribution in [-0.4, -0.2) is 13.2 Å². The van der Waals surface area contributed by atoms with E-state index in [9.17, 15) is 9.59 Å². The summed E-state index contributed by atoms with van der Waals surface area (Å²) in [4.78, 5) is 26.0. The van der Waals surface area contributed by atoms with Crippen molar-refractivity contribution in [2.45, 2.75) is 26.7 Å². The molecule has 8 nitrogen and oxygen atoms in total. The third-order valence-corrected chi connectivity index (χ3v) is 5.32. The van der Waals surface area contributed by atoms with Gasteiger partial charge in [-0.1, -0.05) is 38.1 Å². The fraction of sp³-hybridized carbons (Fsp3) is 0.214. The predicted octanol–water partition coefficient (Wildman–Crippen LogP) is 3.87. The number of anilines is 2. The molecule has 4 aromatic rings. The van der Waals surface area contributed by atoms with Crippen molar-refractivity contribution in [3.63, 3.8) is 0 Å². The van der Waals surface area contributed by atoms with Gasteiger partial charge in [0.2, 0.25) is 0 Å². The minimum atomic E-state index is -0.729. The minimum Gasteiger partial charge on any atom is -0.494 e. The minimum absolute atomic E-state index is 0.0401. The predicted molar refractivity (Wildman–Crippen MR) is 142 cm³/mol. The van der Waals surface area contributed by atoms with Gasteiger partial charge in [0.15, 0.2) is 0 Å². The highest BCUT2D eigenvalue weighted by Gasteiger charge is 2.10. The molecule has 184 valence electrons. The monoisotopic (exact) mass is 484 g/mol. The van der Waals surface area contributed by atoms with Crippen molar-refractivity contribution in [3.05, 3.63) is 104 Å². The Morgan fingerprint density at radius 3 is 1.36 bits per heavy atom. The lowest BCUT2D eigenvalue weighted by atomic mass is 10.1. The van der Waals surface area contributed by atoms with E-state index in [2.05, 4.69) is 21.1 Å². The average Bonchev–Trinajstić information content (AvgIpc) is 2.92. The average molecular weight is 485 g/mol. The van der Waals surface area contributed by atoms with E-state index in [0.29, 0.717) is 35.4 Å². The summed E-state index contributed by atoms with van der Waals surface area (Å²) in [6.07, 6.45) is 1.84. The summed E-state index contributed by atoms with van der Waals surface area (Å²) in [6.45, 7) is 5.36. The molecule has 0 fully saturated rings. The Labute approximate surface area is 208 Å². The Kier molecular flexibility index (Phi) is 8.08. The maximum Gasteiger partial charge on any atom is 0.256 e. The maximum atomic E-state index is 13.0. The van der Waals surface area contributed by atoms with E-state index in [4.69, 9.17) is 9.47 Å². The van der Waals surface area contributed by atoms with Gasteiger partial charge in [0.1, 0.15) is 22.2 Å². The van der Waals surface area contributed by atoms with Gasteiger partial charge in [0, 0.05) is 10.8 Å². The second kappa shape index (κ2) is 11.8. The first kappa shape index (κ1) is 24.7. The van der Waals surface area contributed by atoms with Crippen LogP contribution in [0.2, 0.25) is 0 Å². The number of nitrogens with zero attached hydrogens (tertiary/aromatic N) is 2. The van der Waals surface area contributed by atoms with E-state index in [1.165, 1.54) is 0 Å². The SMILES string of the molecule is CCCOc1ccc(NN=c2c(=O)c(=O)c(=NNc3ccc(OCCC)cc3)c3ccccc23)cc1. The molecule has 0 radical (unpaired) electrons. The van der Waals surface area contributed by atoms with Gasteiger partial charge in [-0.25, -0.2) is 0 Å². The van der Waals surface area contributed by atoms with E-state index in [-0.39, 0.29) is 10.7 Å². The van der Waals surface area contributed by atoms with Gasteiger partial charge in [-0.15, -0.1) is 0 Å². The zero-order chi connectivity index (χ0) is 25.3. The molecule has 8 heteroatoms. The van der Waals surface area contributed by atoms with Crippen molar-refractivity contribution >= 4 is 22.1 Å². The first-order valence-electron chi connectivity index (χ1n) is 11.9. The standard InChI is InChI=1S/C28H28N4O4/c1-3-17-35-21-13-9-19(10-14-21)29-31-25-23-7-5-6-8-24(23)26(28(34)27(25)33)32-30-20-11-15-22(16-12-20)36-18-4-2/h5-16,29-30H,3-4,17-18H2,1-2H3. The highest BCUT2D eigenvalue weighted by molar-refractivity contribution is 5.81. The lowest BCUT2D eigenvalue weighted by Gasteiger charge is -2.06. The van der Waals surface area contributed by atoms with E-state index in [1.54, 1.807) is 48.5 Å². The molecule has 0 spiro atoms. The first-order chi connectivity index (χ1) is 17.6. The zero-order valence-electron chi connectivity index (χ0n) is 20.3. The number of hydrogen-bond acceptors (Lipinski definition) is 8. The summed E-state index contributed by atoms with van der Waals surface area (Å²) in [5.41, 5.74) is 5.62. The summed E-state index contributed by atoms with van der Waals surface area (Å²) in [5, 5.41) is 9.68. The molecule has 2 N–H and O–H groups in total. The Morgan fingerprint density at radius 1 is 0.611 bits per heavy atom. The summed E-state index contributed by atoms with van der Waals surface area (Å²) in [6, 6.07) is 21.5. The van der Waals surface area contributed by atoms with Crippen molar-refractivity contribution in [1.29, 1.82) is 0 Å². The molecule has 36 heavy (non-hydrogen) atoms. The van der Waals surface area contributed by atoms with Crippen LogP contribution in [0.4, 0.5) is 11.4 Å². The Balaban J connectivity index is 1.66. The largest absolute Gasteiger partial charge is 0.494 e. The van der Waals surface area contributed by atoms with Crippen LogP contribution in [0.15, 0.2) is 92.6 Å². The zero-order valence-corrected chi connectivity index (χ0v) is 20.3. The second-order valence-corrected chi connectivity index (χ2v) is 8.09. The Morgan fingerprint density at radius 2 is 1.00 bits per heavy atom. The molecule has 0 amide bonds. The molecule has 0 saturated carbocycles. The number of fused-ring (bicyclic) bond motifs is 1. The normalized spacial score (nSPS) is 12.1. The summed E-state index contributed by atoms with van der Waals surface area (Å²) in [5.74, 6) is 1.50. The lowest BCUT2D eigenvalue weighted by molar-refractivity contribution is 0.317. The topological polar surface area (TPSA) is 101 Å². The molecule has 0 atom stereocenters. The number of hydrogen-bond donors (Lipinski definition) is 2. The number of nitrogens with one attached hydrogen (secondary N) is 2. The quantitative estimate of drug-likeness (QED) is 0.262. The highest BCUT2D eigenvalue weighted by atomic mass is 16.5. The summed E-state index contributed by atoms with van der Waals surface area (Å²) >= 11 is 0. The smallest absolute Gasteiger partial charge is 0.256 e. The summed E-state index contributed by atoms with van der Waals surface area (Å²) in [7, 11) is 0. The first-order valence-corrected chi connectivity index (χ1v) is 11.9. The fourth-order valence-corrected chi connectivity index (χ4v) is 3.51.